The van der Waals surface area contributed by atoms with Crippen molar-refractivity contribution in [2.45, 2.75) is 26.3 Å². The van der Waals surface area contributed by atoms with Gasteiger partial charge in [0.05, 0.1) is 0 Å². The average Bonchev–Trinajstić information content (AvgIpc) is 2.63. The van der Waals surface area contributed by atoms with Gasteiger partial charge in [0.25, 0.3) is 0 Å². The predicted molar refractivity (Wildman–Crippen MR) is 106 cm³/mol. The van der Waals surface area contributed by atoms with Crippen LogP contribution in [-0.4, -0.2) is 18.2 Å². The van der Waals surface area contributed by atoms with Crippen molar-refractivity contribution >= 4 is 28.7 Å². The van der Waals surface area contributed by atoms with Gasteiger partial charge in [-0.25, -0.2) is 8.78 Å². The average molecular weight is 375 g/mol. The number of hydrogen-bond acceptors (Lipinski definition) is 2. The van der Waals surface area contributed by atoms with Crippen molar-refractivity contribution in [2.24, 2.45) is 5.92 Å². The second kappa shape index (κ2) is 8.45. The van der Waals surface area contributed by atoms with Gasteiger partial charge in [0.2, 0.25) is 0 Å². The van der Waals surface area contributed by atoms with Crippen LogP contribution in [0, 0.1) is 17.6 Å². The smallest absolute Gasteiger partial charge is 0.171 e. The monoisotopic (exact) mass is 375 g/mol. The van der Waals surface area contributed by atoms with Crippen LogP contribution >= 0.6 is 12.2 Å². The predicted octanol–water partition coefficient (Wildman–Crippen LogP) is 4.69. The summed E-state index contributed by atoms with van der Waals surface area (Å²) in [5.74, 6) is -1.04. The molecule has 0 radical (unpaired) electrons. The number of nitrogens with zero attached hydrogens (tertiary/aromatic N) is 1. The molecule has 1 aliphatic rings. The molecule has 0 saturated carbocycles. The first-order valence-corrected chi connectivity index (χ1v) is 9.26. The SMILES string of the molecule is C[C@@H]1CCCN(c2ccc(CNC(=S)Nc3ccc(F)c(F)c3)cc2)C1. The first kappa shape index (κ1) is 18.6. The second-order valence-corrected chi connectivity index (χ2v) is 7.20. The minimum Gasteiger partial charge on any atom is -0.371 e. The zero-order valence-corrected chi connectivity index (χ0v) is 15.6. The van der Waals surface area contributed by atoms with Crippen molar-refractivity contribution in [1.29, 1.82) is 0 Å². The molecule has 1 heterocycles. The van der Waals surface area contributed by atoms with Gasteiger partial charge in [-0.3, -0.25) is 0 Å². The van der Waals surface area contributed by atoms with Gasteiger partial charge in [0, 0.05) is 37.1 Å². The highest BCUT2D eigenvalue weighted by molar-refractivity contribution is 7.80. The van der Waals surface area contributed by atoms with Crippen molar-refractivity contribution in [2.75, 3.05) is 23.3 Å². The Balaban J connectivity index is 1.51. The lowest BCUT2D eigenvalue weighted by Crippen LogP contribution is -2.34. The molecule has 0 unspecified atom stereocenters. The van der Waals surface area contributed by atoms with E-state index in [9.17, 15) is 8.78 Å². The summed E-state index contributed by atoms with van der Waals surface area (Å²) in [5, 5.41) is 6.30. The quantitative estimate of drug-likeness (QED) is 0.759. The summed E-state index contributed by atoms with van der Waals surface area (Å²) in [6.45, 7) is 5.08. The molecule has 0 aromatic heterocycles. The van der Waals surface area contributed by atoms with E-state index in [2.05, 4.69) is 46.7 Å². The number of halogens is 2. The van der Waals surface area contributed by atoms with Crippen LogP contribution in [0.4, 0.5) is 20.2 Å². The van der Waals surface area contributed by atoms with E-state index < -0.39 is 11.6 Å². The highest BCUT2D eigenvalue weighted by atomic mass is 32.1. The first-order chi connectivity index (χ1) is 12.5. The molecule has 1 atom stereocenters. The van der Waals surface area contributed by atoms with Gasteiger partial charge in [-0.1, -0.05) is 19.1 Å². The lowest BCUT2D eigenvalue weighted by Gasteiger charge is -2.32. The Labute approximate surface area is 158 Å². The van der Waals surface area contributed by atoms with Crippen LogP contribution < -0.4 is 15.5 Å². The minimum atomic E-state index is -0.902. The summed E-state index contributed by atoms with van der Waals surface area (Å²) < 4.78 is 26.2. The second-order valence-electron chi connectivity index (χ2n) is 6.80. The molecule has 2 N–H and O–H groups in total. The summed E-state index contributed by atoms with van der Waals surface area (Å²) in [6.07, 6.45) is 2.55. The van der Waals surface area contributed by atoms with E-state index in [0.29, 0.717) is 17.3 Å². The third-order valence-corrected chi connectivity index (χ3v) is 4.84. The number of thiocarbonyl (C=S) groups is 1. The van der Waals surface area contributed by atoms with Crippen LogP contribution in [0.3, 0.4) is 0 Å². The summed E-state index contributed by atoms with van der Waals surface area (Å²) in [6, 6.07) is 12.0. The Morgan fingerprint density at radius 2 is 1.92 bits per heavy atom. The van der Waals surface area contributed by atoms with Gasteiger partial charge >= 0.3 is 0 Å². The van der Waals surface area contributed by atoms with E-state index in [-0.39, 0.29) is 0 Å². The van der Waals surface area contributed by atoms with Crippen LogP contribution in [0.25, 0.3) is 0 Å². The van der Waals surface area contributed by atoms with Gasteiger partial charge in [-0.05, 0) is 60.8 Å². The number of anilines is 2. The van der Waals surface area contributed by atoms with Crippen LogP contribution in [0.1, 0.15) is 25.3 Å². The number of piperidine rings is 1. The molecule has 6 heteroatoms. The molecule has 1 saturated heterocycles. The third kappa shape index (κ3) is 4.91. The van der Waals surface area contributed by atoms with Crippen LogP contribution in [-0.2, 0) is 6.54 Å². The highest BCUT2D eigenvalue weighted by Gasteiger charge is 2.16. The number of benzene rings is 2. The molecule has 2 aromatic rings. The largest absolute Gasteiger partial charge is 0.371 e. The Bertz CT molecular complexity index is 764. The fraction of sp³-hybridized carbons (Fsp3) is 0.350. The van der Waals surface area contributed by atoms with Crippen LogP contribution in [0.2, 0.25) is 0 Å². The summed E-state index contributed by atoms with van der Waals surface area (Å²) in [7, 11) is 0. The Kier molecular flexibility index (Phi) is 6.04. The molecule has 0 spiro atoms. The molecule has 0 bridgehead atoms. The van der Waals surface area contributed by atoms with Crippen molar-refractivity contribution in [1.82, 2.24) is 5.32 Å². The Hall–Kier alpha value is -2.21. The van der Waals surface area contributed by atoms with E-state index in [1.165, 1.54) is 24.6 Å². The molecule has 1 aliphatic heterocycles. The third-order valence-electron chi connectivity index (χ3n) is 4.59. The molecular weight excluding hydrogens is 352 g/mol. The van der Waals surface area contributed by atoms with E-state index in [4.69, 9.17) is 12.2 Å². The zero-order chi connectivity index (χ0) is 18.5. The van der Waals surface area contributed by atoms with Crippen molar-refractivity contribution in [3.8, 4) is 0 Å². The van der Waals surface area contributed by atoms with E-state index in [0.717, 1.165) is 36.7 Å². The molecule has 26 heavy (non-hydrogen) atoms. The Morgan fingerprint density at radius 3 is 2.62 bits per heavy atom. The maximum Gasteiger partial charge on any atom is 0.171 e. The summed E-state index contributed by atoms with van der Waals surface area (Å²) >= 11 is 5.21. The molecule has 2 aromatic carbocycles. The van der Waals surface area contributed by atoms with Gasteiger partial charge in [0.15, 0.2) is 16.7 Å². The summed E-state index contributed by atoms with van der Waals surface area (Å²) in [4.78, 5) is 2.43. The molecule has 3 nitrogen and oxygen atoms in total. The Morgan fingerprint density at radius 1 is 1.15 bits per heavy atom. The maximum absolute atomic E-state index is 13.2. The van der Waals surface area contributed by atoms with Gasteiger partial charge in [0.1, 0.15) is 0 Å². The highest BCUT2D eigenvalue weighted by Crippen LogP contribution is 2.23. The molecule has 1 fully saturated rings. The first-order valence-electron chi connectivity index (χ1n) is 8.85. The molecule has 138 valence electrons. The molecule has 0 aliphatic carbocycles. The van der Waals surface area contributed by atoms with E-state index in [1.807, 2.05) is 0 Å². The van der Waals surface area contributed by atoms with Gasteiger partial charge < -0.3 is 15.5 Å². The lowest BCUT2D eigenvalue weighted by atomic mass is 9.99. The van der Waals surface area contributed by atoms with Crippen LogP contribution in [0.15, 0.2) is 42.5 Å². The molecular formula is C20H23F2N3S. The summed E-state index contributed by atoms with van der Waals surface area (Å²) in [5.41, 5.74) is 2.77. The molecule has 3 rings (SSSR count). The standard InChI is InChI=1S/C20H23F2N3S/c1-14-3-2-10-25(13-14)17-7-4-15(5-8-17)12-23-20(26)24-16-6-9-18(21)19(22)11-16/h4-9,11,14H,2-3,10,12-13H2,1H3,(H2,23,24,26)/t14-/m1/s1. The van der Waals surface area contributed by atoms with Crippen molar-refractivity contribution < 1.29 is 8.78 Å². The number of hydrogen-bond donors (Lipinski definition) is 2. The van der Waals surface area contributed by atoms with Gasteiger partial charge in [-0.15, -0.1) is 0 Å². The van der Waals surface area contributed by atoms with Crippen molar-refractivity contribution in [3.63, 3.8) is 0 Å². The topological polar surface area (TPSA) is 27.3 Å². The van der Waals surface area contributed by atoms with E-state index in [1.54, 1.807) is 0 Å². The van der Waals surface area contributed by atoms with E-state index >= 15 is 0 Å². The number of rotatable bonds is 4. The number of nitrogens with one attached hydrogen (secondary N) is 2. The lowest BCUT2D eigenvalue weighted by molar-refractivity contribution is 0.447. The fourth-order valence-electron chi connectivity index (χ4n) is 3.18. The van der Waals surface area contributed by atoms with Crippen molar-refractivity contribution in [3.05, 3.63) is 59.7 Å². The fourth-order valence-corrected chi connectivity index (χ4v) is 3.37. The maximum atomic E-state index is 13.2. The molecule has 0 amide bonds. The normalized spacial score (nSPS) is 17.0. The van der Waals surface area contributed by atoms with Gasteiger partial charge in [-0.2, -0.15) is 0 Å². The van der Waals surface area contributed by atoms with Crippen LogP contribution in [0.5, 0.6) is 0 Å². The zero-order valence-electron chi connectivity index (χ0n) is 14.8. The minimum absolute atomic E-state index is 0.366.